The molecule has 0 unspecified atom stereocenters. The SMILES string of the molecule is N#C/C(C(=O)/C(C#N)=C(/O)c1ccccn1)=C(\O)c1ccccn1. The van der Waals surface area contributed by atoms with Crippen LogP contribution in [0.4, 0.5) is 0 Å². The molecule has 116 valence electrons. The predicted molar refractivity (Wildman–Crippen MR) is 83.8 cm³/mol. The van der Waals surface area contributed by atoms with Crippen LogP contribution in [0.3, 0.4) is 0 Å². The van der Waals surface area contributed by atoms with Crippen LogP contribution in [0.2, 0.25) is 0 Å². The summed E-state index contributed by atoms with van der Waals surface area (Å²) in [4.78, 5) is 20.1. The molecule has 0 amide bonds. The molecule has 24 heavy (non-hydrogen) atoms. The first-order valence-corrected chi connectivity index (χ1v) is 6.64. The molecule has 0 atom stereocenters. The van der Waals surface area contributed by atoms with Crippen molar-refractivity contribution in [2.24, 2.45) is 0 Å². The summed E-state index contributed by atoms with van der Waals surface area (Å²) in [6, 6.07) is 12.2. The van der Waals surface area contributed by atoms with Crippen LogP contribution in [0.15, 0.2) is 59.9 Å². The smallest absolute Gasteiger partial charge is 0.221 e. The van der Waals surface area contributed by atoms with Crippen LogP contribution in [0.5, 0.6) is 0 Å². The zero-order chi connectivity index (χ0) is 17.5. The number of carbonyl (C=O) groups excluding carboxylic acids is 1. The molecular formula is C17H10N4O3. The molecule has 0 fully saturated rings. The van der Waals surface area contributed by atoms with E-state index < -0.39 is 28.4 Å². The molecule has 0 saturated carbocycles. The molecule has 0 aliphatic carbocycles. The van der Waals surface area contributed by atoms with E-state index in [1.807, 2.05) is 0 Å². The maximum Gasteiger partial charge on any atom is 0.221 e. The molecule has 0 radical (unpaired) electrons. The maximum atomic E-state index is 12.4. The highest BCUT2D eigenvalue weighted by Crippen LogP contribution is 2.21. The summed E-state index contributed by atoms with van der Waals surface area (Å²) in [5.74, 6) is -2.47. The van der Waals surface area contributed by atoms with Crippen molar-refractivity contribution in [3.05, 3.63) is 71.3 Å². The van der Waals surface area contributed by atoms with Crippen molar-refractivity contribution in [3.63, 3.8) is 0 Å². The number of Topliss-reactive ketones (excluding diaryl/α,β-unsaturated/α-hetero) is 1. The Kier molecular flexibility index (Phi) is 5.02. The van der Waals surface area contributed by atoms with Gasteiger partial charge in [0, 0.05) is 12.4 Å². The molecule has 0 aliphatic rings. The number of nitrogens with zero attached hydrogens (tertiary/aromatic N) is 4. The number of carbonyl (C=O) groups is 1. The van der Waals surface area contributed by atoms with Gasteiger partial charge in [0.25, 0.3) is 0 Å². The summed E-state index contributed by atoms with van der Waals surface area (Å²) in [5, 5.41) is 38.5. The molecule has 7 nitrogen and oxygen atoms in total. The lowest BCUT2D eigenvalue weighted by Gasteiger charge is -2.05. The number of allylic oxidation sites excluding steroid dienone is 2. The van der Waals surface area contributed by atoms with Crippen LogP contribution in [-0.4, -0.2) is 26.0 Å². The number of hydrogen-bond donors (Lipinski definition) is 2. The first kappa shape index (κ1) is 16.4. The van der Waals surface area contributed by atoms with Crippen molar-refractivity contribution < 1.29 is 15.0 Å². The minimum atomic E-state index is -1.12. The molecule has 0 saturated heterocycles. The Labute approximate surface area is 137 Å². The Bertz CT molecular complexity index is 829. The molecule has 0 bridgehead atoms. The van der Waals surface area contributed by atoms with Gasteiger partial charge in [-0.3, -0.25) is 14.8 Å². The van der Waals surface area contributed by atoms with Crippen LogP contribution in [0.1, 0.15) is 11.4 Å². The molecule has 2 N–H and O–H groups in total. The third kappa shape index (κ3) is 3.26. The lowest BCUT2D eigenvalue weighted by atomic mass is 10.0. The van der Waals surface area contributed by atoms with Gasteiger partial charge < -0.3 is 10.2 Å². The number of rotatable bonds is 4. The second-order valence-electron chi connectivity index (χ2n) is 4.43. The Morgan fingerprint density at radius 3 is 1.54 bits per heavy atom. The fourth-order valence-electron chi connectivity index (χ4n) is 1.81. The summed E-state index contributed by atoms with van der Waals surface area (Å²) in [5.41, 5.74) is -1.41. The highest BCUT2D eigenvalue weighted by Gasteiger charge is 2.25. The standard InChI is InChI=1S/C17H10N4O3/c18-9-11(16(23)13-5-1-3-7-20-13)15(22)12(10-19)17(24)14-6-2-4-8-21-14/h1-8,23-24H/b16-11+,17-12+. The van der Waals surface area contributed by atoms with Crippen molar-refractivity contribution in [2.45, 2.75) is 0 Å². The van der Waals surface area contributed by atoms with Crippen LogP contribution in [0.25, 0.3) is 11.5 Å². The molecule has 2 rings (SSSR count). The van der Waals surface area contributed by atoms with Gasteiger partial charge in [-0.1, -0.05) is 12.1 Å². The van der Waals surface area contributed by atoms with E-state index in [1.54, 1.807) is 36.4 Å². The largest absolute Gasteiger partial charge is 0.504 e. The van der Waals surface area contributed by atoms with Crippen molar-refractivity contribution in [1.82, 2.24) is 9.97 Å². The van der Waals surface area contributed by atoms with Crippen molar-refractivity contribution >= 4 is 17.3 Å². The number of hydrogen-bond acceptors (Lipinski definition) is 7. The van der Waals surface area contributed by atoms with Crippen molar-refractivity contribution in [1.29, 1.82) is 10.5 Å². The van der Waals surface area contributed by atoms with E-state index in [-0.39, 0.29) is 11.4 Å². The van der Waals surface area contributed by atoms with Gasteiger partial charge in [-0.15, -0.1) is 0 Å². The fraction of sp³-hybridized carbons (Fsp3) is 0. The molecule has 0 aliphatic heterocycles. The monoisotopic (exact) mass is 318 g/mol. The number of ketones is 1. The highest BCUT2D eigenvalue weighted by atomic mass is 16.3. The predicted octanol–water partition coefficient (Wildman–Crippen LogP) is 2.33. The second kappa shape index (κ2) is 7.34. The Morgan fingerprint density at radius 1 is 0.833 bits per heavy atom. The zero-order valence-electron chi connectivity index (χ0n) is 12.2. The number of aliphatic hydroxyl groups is 2. The highest BCUT2D eigenvalue weighted by molar-refractivity contribution is 6.19. The number of aromatic nitrogens is 2. The van der Waals surface area contributed by atoms with E-state index >= 15 is 0 Å². The summed E-state index contributed by atoms with van der Waals surface area (Å²) in [6.45, 7) is 0. The average molecular weight is 318 g/mol. The van der Waals surface area contributed by atoms with E-state index in [0.29, 0.717) is 0 Å². The molecule has 0 aromatic carbocycles. The molecule has 2 aromatic heterocycles. The normalized spacial score (nSPS) is 12.2. The van der Waals surface area contributed by atoms with Crippen LogP contribution in [-0.2, 0) is 4.79 Å². The third-order valence-corrected chi connectivity index (χ3v) is 2.97. The number of pyridine rings is 2. The van der Waals surface area contributed by atoms with Crippen LogP contribution >= 0.6 is 0 Å². The summed E-state index contributed by atoms with van der Waals surface area (Å²) in [6.07, 6.45) is 2.74. The first-order valence-electron chi connectivity index (χ1n) is 6.64. The van der Waals surface area contributed by atoms with Gasteiger partial charge in [0.15, 0.2) is 11.5 Å². The van der Waals surface area contributed by atoms with E-state index in [0.717, 1.165) is 0 Å². The van der Waals surface area contributed by atoms with Gasteiger partial charge in [0.2, 0.25) is 5.78 Å². The van der Waals surface area contributed by atoms with E-state index in [9.17, 15) is 25.5 Å². The molecular weight excluding hydrogens is 308 g/mol. The van der Waals surface area contributed by atoms with Crippen LogP contribution < -0.4 is 0 Å². The molecule has 0 spiro atoms. The van der Waals surface area contributed by atoms with Gasteiger partial charge in [-0.05, 0) is 24.3 Å². The Morgan fingerprint density at radius 2 is 1.25 bits per heavy atom. The third-order valence-electron chi connectivity index (χ3n) is 2.97. The lowest BCUT2D eigenvalue weighted by Crippen LogP contribution is -2.10. The van der Waals surface area contributed by atoms with E-state index in [1.165, 1.54) is 24.5 Å². The van der Waals surface area contributed by atoms with E-state index in [2.05, 4.69) is 9.97 Å². The van der Waals surface area contributed by atoms with Crippen molar-refractivity contribution in [2.75, 3.05) is 0 Å². The van der Waals surface area contributed by atoms with Gasteiger partial charge in [-0.2, -0.15) is 10.5 Å². The topological polar surface area (TPSA) is 131 Å². The molecule has 7 heteroatoms. The Balaban J connectivity index is 2.56. The number of aliphatic hydroxyl groups excluding tert-OH is 2. The van der Waals surface area contributed by atoms with Crippen molar-refractivity contribution in [3.8, 4) is 12.1 Å². The minimum absolute atomic E-state index is 0.00276. The molecule has 2 aromatic rings. The summed E-state index contributed by atoms with van der Waals surface area (Å²) < 4.78 is 0. The van der Waals surface area contributed by atoms with Gasteiger partial charge in [0.05, 0.1) is 0 Å². The van der Waals surface area contributed by atoms with Gasteiger partial charge in [0.1, 0.15) is 34.7 Å². The van der Waals surface area contributed by atoms with Gasteiger partial charge >= 0.3 is 0 Å². The number of nitriles is 2. The minimum Gasteiger partial charge on any atom is -0.504 e. The second-order valence-corrected chi connectivity index (χ2v) is 4.43. The maximum absolute atomic E-state index is 12.4. The first-order chi connectivity index (χ1) is 11.6. The lowest BCUT2D eigenvalue weighted by molar-refractivity contribution is -0.111. The fourth-order valence-corrected chi connectivity index (χ4v) is 1.81. The summed E-state index contributed by atoms with van der Waals surface area (Å²) >= 11 is 0. The van der Waals surface area contributed by atoms with Crippen LogP contribution in [0, 0.1) is 22.7 Å². The van der Waals surface area contributed by atoms with Gasteiger partial charge in [-0.25, -0.2) is 0 Å². The zero-order valence-corrected chi connectivity index (χ0v) is 12.2. The van der Waals surface area contributed by atoms with E-state index in [4.69, 9.17) is 0 Å². The summed E-state index contributed by atoms with van der Waals surface area (Å²) in [7, 11) is 0. The quantitative estimate of drug-likeness (QED) is 0.502. The molecule has 2 heterocycles. The average Bonchev–Trinajstić information content (AvgIpc) is 2.64. The Hall–Kier alpha value is -3.97.